The lowest BCUT2D eigenvalue weighted by Gasteiger charge is -1.99. The van der Waals surface area contributed by atoms with Crippen LogP contribution in [0.5, 0.6) is 0 Å². The second-order valence-electron chi connectivity index (χ2n) is 2.81. The number of benzene rings is 1. The highest BCUT2D eigenvalue weighted by Crippen LogP contribution is 2.18. The molecular weight excluding hydrogens is 265 g/mol. The molecule has 0 unspecified atom stereocenters. The van der Waals surface area contributed by atoms with E-state index in [2.05, 4.69) is 20.9 Å². The van der Waals surface area contributed by atoms with E-state index in [-0.39, 0.29) is 5.69 Å². The molecule has 4 heteroatoms. The van der Waals surface area contributed by atoms with Crippen molar-refractivity contribution in [1.29, 1.82) is 0 Å². The van der Waals surface area contributed by atoms with Crippen LogP contribution < -0.4 is 0 Å². The number of aromatic nitrogens is 1. The number of halogens is 2. The van der Waals surface area contributed by atoms with Crippen LogP contribution in [0.1, 0.15) is 10.5 Å². The number of nitrogens with zero attached hydrogens (tertiary/aromatic N) is 1. The van der Waals surface area contributed by atoms with Gasteiger partial charge in [-0.05, 0) is 29.8 Å². The van der Waals surface area contributed by atoms with Crippen LogP contribution in [0.2, 0.25) is 0 Å². The van der Waals surface area contributed by atoms with Crippen molar-refractivity contribution in [3.8, 4) is 0 Å². The molecule has 1 aromatic heterocycles. The molecule has 0 spiro atoms. The van der Waals surface area contributed by atoms with Crippen molar-refractivity contribution in [3.63, 3.8) is 0 Å². The normalized spacial score (nSPS) is 10.4. The van der Waals surface area contributed by atoms with Crippen LogP contribution in [0.4, 0.5) is 0 Å². The van der Waals surface area contributed by atoms with Gasteiger partial charge in [-0.1, -0.05) is 28.1 Å². The van der Waals surface area contributed by atoms with E-state index in [0.29, 0.717) is 0 Å². The fraction of sp³-hybridized carbons (Fsp3) is 0. The Bertz CT molecular complexity index is 512. The van der Waals surface area contributed by atoms with Crippen LogP contribution in [-0.4, -0.2) is 10.2 Å². The summed E-state index contributed by atoms with van der Waals surface area (Å²) in [5.41, 5.74) is 1.03. The van der Waals surface area contributed by atoms with E-state index in [1.165, 1.54) is 0 Å². The lowest BCUT2D eigenvalue weighted by molar-refractivity contribution is 0.107. The number of pyridine rings is 1. The fourth-order valence-corrected chi connectivity index (χ4v) is 1.65. The molecule has 1 heterocycles. The predicted molar refractivity (Wildman–Crippen MR) is 59.6 cm³/mol. The van der Waals surface area contributed by atoms with E-state index in [1.54, 1.807) is 6.07 Å². The Hall–Kier alpha value is -0.930. The minimum absolute atomic E-state index is 0.275. The molecule has 0 amide bonds. The van der Waals surface area contributed by atoms with Crippen molar-refractivity contribution in [2.45, 2.75) is 0 Å². The highest BCUT2D eigenvalue weighted by atomic mass is 79.9. The Morgan fingerprint density at radius 3 is 2.71 bits per heavy atom. The summed E-state index contributed by atoms with van der Waals surface area (Å²) < 4.78 is 0.927. The average Bonchev–Trinajstić information content (AvgIpc) is 2.16. The van der Waals surface area contributed by atoms with E-state index in [0.717, 1.165) is 15.4 Å². The van der Waals surface area contributed by atoms with E-state index in [9.17, 15) is 4.79 Å². The second-order valence-corrected chi connectivity index (χ2v) is 4.07. The Kier molecular flexibility index (Phi) is 2.52. The maximum atomic E-state index is 10.9. The molecule has 0 N–H and O–H groups in total. The van der Waals surface area contributed by atoms with E-state index in [4.69, 9.17) is 11.6 Å². The summed E-state index contributed by atoms with van der Waals surface area (Å²) in [6.45, 7) is 0. The highest BCUT2D eigenvalue weighted by Gasteiger charge is 2.04. The monoisotopic (exact) mass is 269 g/mol. The largest absolute Gasteiger partial charge is 0.274 e. The zero-order valence-electron chi connectivity index (χ0n) is 7.00. The van der Waals surface area contributed by atoms with Crippen LogP contribution in [0, 0.1) is 0 Å². The van der Waals surface area contributed by atoms with Gasteiger partial charge in [0.15, 0.2) is 0 Å². The van der Waals surface area contributed by atoms with Crippen molar-refractivity contribution in [1.82, 2.24) is 4.98 Å². The van der Waals surface area contributed by atoms with Crippen LogP contribution in [0.3, 0.4) is 0 Å². The number of fused-ring (bicyclic) bond motifs is 1. The number of carbonyl (C=O) groups excluding carboxylic acids is 1. The Labute approximate surface area is 94.0 Å². The van der Waals surface area contributed by atoms with Crippen LogP contribution in [0.25, 0.3) is 10.9 Å². The van der Waals surface area contributed by atoms with Crippen molar-refractivity contribution >= 4 is 43.7 Å². The van der Waals surface area contributed by atoms with Gasteiger partial charge < -0.3 is 0 Å². The van der Waals surface area contributed by atoms with Gasteiger partial charge in [-0.2, -0.15) is 0 Å². The molecule has 0 bridgehead atoms. The summed E-state index contributed by atoms with van der Waals surface area (Å²) in [4.78, 5) is 15.0. The predicted octanol–water partition coefficient (Wildman–Crippen LogP) is 3.38. The van der Waals surface area contributed by atoms with Gasteiger partial charge in [0, 0.05) is 9.86 Å². The molecule has 0 aliphatic rings. The third-order valence-corrected chi connectivity index (χ3v) is 2.54. The molecule has 0 aliphatic heterocycles. The topological polar surface area (TPSA) is 30.0 Å². The first-order valence-electron chi connectivity index (χ1n) is 3.93. The van der Waals surface area contributed by atoms with Crippen LogP contribution in [-0.2, 0) is 0 Å². The summed E-state index contributed by atoms with van der Waals surface area (Å²) in [5.74, 6) is 0. The maximum absolute atomic E-state index is 10.9. The summed E-state index contributed by atoms with van der Waals surface area (Å²) >= 11 is 8.67. The molecule has 70 valence electrons. The molecule has 14 heavy (non-hydrogen) atoms. The molecule has 2 rings (SSSR count). The molecular formula is C10H5BrClNO. The molecule has 2 nitrogen and oxygen atoms in total. The minimum Gasteiger partial charge on any atom is -0.274 e. The minimum atomic E-state index is -0.535. The van der Waals surface area contributed by atoms with Crippen molar-refractivity contribution in [2.24, 2.45) is 0 Å². The summed E-state index contributed by atoms with van der Waals surface area (Å²) in [7, 11) is 0. The van der Waals surface area contributed by atoms with Crippen LogP contribution in [0.15, 0.2) is 34.8 Å². The number of hydrogen-bond donors (Lipinski definition) is 0. The SMILES string of the molecule is O=C(Cl)c1ccc2ccc(Br)cc2n1. The van der Waals surface area contributed by atoms with Crippen LogP contribution >= 0.6 is 27.5 Å². The molecule has 0 aliphatic carbocycles. The van der Waals surface area contributed by atoms with Gasteiger partial charge in [-0.15, -0.1) is 0 Å². The van der Waals surface area contributed by atoms with E-state index >= 15 is 0 Å². The molecule has 0 saturated carbocycles. The lowest BCUT2D eigenvalue weighted by atomic mass is 10.2. The first-order valence-corrected chi connectivity index (χ1v) is 5.10. The van der Waals surface area contributed by atoms with Gasteiger partial charge >= 0.3 is 0 Å². The summed E-state index contributed by atoms with van der Waals surface area (Å²) in [6.07, 6.45) is 0. The summed E-state index contributed by atoms with van der Waals surface area (Å²) in [5, 5.41) is 0.446. The number of rotatable bonds is 1. The van der Waals surface area contributed by atoms with Gasteiger partial charge in [0.25, 0.3) is 5.24 Å². The van der Waals surface area contributed by atoms with Gasteiger partial charge in [0.05, 0.1) is 5.52 Å². The highest BCUT2D eigenvalue weighted by molar-refractivity contribution is 9.10. The van der Waals surface area contributed by atoms with Crippen molar-refractivity contribution < 1.29 is 4.79 Å². The Balaban J connectivity index is 2.69. The average molecular weight is 271 g/mol. The van der Waals surface area contributed by atoms with E-state index in [1.807, 2.05) is 24.3 Å². The Morgan fingerprint density at radius 1 is 1.29 bits per heavy atom. The first-order chi connectivity index (χ1) is 6.66. The summed E-state index contributed by atoms with van der Waals surface area (Å²) in [6, 6.07) is 9.13. The number of hydrogen-bond acceptors (Lipinski definition) is 2. The quantitative estimate of drug-likeness (QED) is 0.744. The first kappa shape index (κ1) is 9.62. The van der Waals surface area contributed by atoms with Crippen molar-refractivity contribution in [2.75, 3.05) is 0 Å². The fourth-order valence-electron chi connectivity index (χ4n) is 1.20. The smallest absolute Gasteiger partial charge is 0.270 e. The molecule has 2 aromatic rings. The molecule has 0 atom stereocenters. The second kappa shape index (κ2) is 3.67. The third kappa shape index (κ3) is 1.79. The zero-order valence-corrected chi connectivity index (χ0v) is 9.34. The molecule has 0 saturated heterocycles. The maximum Gasteiger partial charge on any atom is 0.270 e. The Morgan fingerprint density at radius 2 is 2.00 bits per heavy atom. The number of carbonyl (C=O) groups is 1. The molecule has 0 radical (unpaired) electrons. The van der Waals surface area contributed by atoms with Gasteiger partial charge in [0.1, 0.15) is 5.69 Å². The molecule has 0 fully saturated rings. The zero-order chi connectivity index (χ0) is 10.1. The lowest BCUT2D eigenvalue weighted by Crippen LogP contribution is -1.93. The van der Waals surface area contributed by atoms with Gasteiger partial charge in [-0.3, -0.25) is 4.79 Å². The standard InChI is InChI=1S/C10H5BrClNO/c11-7-3-1-6-2-4-8(10(12)14)13-9(6)5-7/h1-5H. The molecule has 1 aromatic carbocycles. The van der Waals surface area contributed by atoms with Gasteiger partial charge in [0.2, 0.25) is 0 Å². The van der Waals surface area contributed by atoms with E-state index < -0.39 is 5.24 Å². The van der Waals surface area contributed by atoms with Crippen molar-refractivity contribution in [3.05, 3.63) is 40.5 Å². The van der Waals surface area contributed by atoms with Gasteiger partial charge in [-0.25, -0.2) is 4.98 Å². The third-order valence-electron chi connectivity index (χ3n) is 1.86.